The standard InChI is InChI=1S/C11H10N4O4/c1-2-19-11(16)9-5-6-14(13-9)10-4-3-8(7-12-10)15(17)18/h3-7H,2H2,1H3. The van der Waals surface area contributed by atoms with E-state index in [4.69, 9.17) is 4.74 Å². The molecule has 0 aliphatic carbocycles. The molecular weight excluding hydrogens is 252 g/mol. The average Bonchev–Trinajstić information content (AvgIpc) is 2.89. The van der Waals surface area contributed by atoms with Gasteiger partial charge in [-0.05, 0) is 19.1 Å². The van der Waals surface area contributed by atoms with Crippen LogP contribution in [0.25, 0.3) is 5.82 Å². The van der Waals surface area contributed by atoms with Crippen LogP contribution in [-0.4, -0.2) is 32.3 Å². The van der Waals surface area contributed by atoms with Crippen molar-refractivity contribution in [3.63, 3.8) is 0 Å². The molecular formula is C11H10N4O4. The van der Waals surface area contributed by atoms with Crippen molar-refractivity contribution >= 4 is 11.7 Å². The molecule has 0 aromatic carbocycles. The van der Waals surface area contributed by atoms with E-state index in [2.05, 4.69) is 10.1 Å². The van der Waals surface area contributed by atoms with Gasteiger partial charge in [-0.2, -0.15) is 5.10 Å². The van der Waals surface area contributed by atoms with E-state index < -0.39 is 10.9 Å². The number of carbonyl (C=O) groups is 1. The summed E-state index contributed by atoms with van der Waals surface area (Å²) in [6.45, 7) is 1.97. The summed E-state index contributed by atoms with van der Waals surface area (Å²) in [5.41, 5.74) is 0.0449. The highest BCUT2D eigenvalue weighted by Crippen LogP contribution is 2.11. The molecule has 0 radical (unpaired) electrons. The number of pyridine rings is 1. The Morgan fingerprint density at radius 1 is 1.47 bits per heavy atom. The number of hydrogen-bond donors (Lipinski definition) is 0. The summed E-state index contributed by atoms with van der Waals surface area (Å²) in [5, 5.41) is 14.5. The molecule has 2 rings (SSSR count). The molecule has 98 valence electrons. The molecule has 0 atom stereocenters. The second kappa shape index (κ2) is 5.25. The van der Waals surface area contributed by atoms with Gasteiger partial charge in [0.25, 0.3) is 5.69 Å². The van der Waals surface area contributed by atoms with E-state index in [9.17, 15) is 14.9 Å². The van der Waals surface area contributed by atoms with Crippen LogP contribution in [0, 0.1) is 10.1 Å². The largest absolute Gasteiger partial charge is 0.461 e. The second-order valence-corrected chi connectivity index (χ2v) is 3.50. The van der Waals surface area contributed by atoms with Crippen molar-refractivity contribution in [2.45, 2.75) is 6.92 Å². The summed E-state index contributed by atoms with van der Waals surface area (Å²) < 4.78 is 6.15. The molecule has 0 bridgehead atoms. The lowest BCUT2D eigenvalue weighted by Crippen LogP contribution is -2.07. The molecule has 19 heavy (non-hydrogen) atoms. The van der Waals surface area contributed by atoms with E-state index in [1.165, 1.54) is 29.1 Å². The Kier molecular flexibility index (Phi) is 3.51. The summed E-state index contributed by atoms with van der Waals surface area (Å²) in [7, 11) is 0. The summed E-state index contributed by atoms with van der Waals surface area (Å²) >= 11 is 0. The van der Waals surface area contributed by atoms with Gasteiger partial charge in [0.05, 0.1) is 11.5 Å². The SMILES string of the molecule is CCOC(=O)c1ccn(-c2ccc([N+](=O)[O-])cn2)n1. The van der Waals surface area contributed by atoms with Crippen molar-refractivity contribution < 1.29 is 14.5 Å². The molecule has 2 aromatic rings. The fourth-order valence-corrected chi connectivity index (χ4v) is 1.39. The Hall–Kier alpha value is -2.77. The van der Waals surface area contributed by atoms with E-state index in [1.807, 2.05) is 0 Å². The van der Waals surface area contributed by atoms with Crippen molar-refractivity contribution in [3.8, 4) is 5.82 Å². The predicted octanol–water partition coefficient (Wildman–Crippen LogP) is 1.35. The fraction of sp³-hybridized carbons (Fsp3) is 0.182. The second-order valence-electron chi connectivity index (χ2n) is 3.50. The Morgan fingerprint density at radius 2 is 2.26 bits per heavy atom. The highest BCUT2D eigenvalue weighted by atomic mass is 16.6. The number of rotatable bonds is 4. The molecule has 0 aliphatic heterocycles. The van der Waals surface area contributed by atoms with Crippen LogP contribution in [0.3, 0.4) is 0 Å². The molecule has 0 spiro atoms. The lowest BCUT2D eigenvalue weighted by atomic mass is 10.4. The van der Waals surface area contributed by atoms with Gasteiger partial charge in [-0.1, -0.05) is 0 Å². The molecule has 0 saturated carbocycles. The third kappa shape index (κ3) is 2.73. The predicted molar refractivity (Wildman–Crippen MR) is 64.0 cm³/mol. The van der Waals surface area contributed by atoms with Crippen molar-refractivity contribution in [1.29, 1.82) is 0 Å². The normalized spacial score (nSPS) is 10.2. The fourth-order valence-electron chi connectivity index (χ4n) is 1.39. The summed E-state index contributed by atoms with van der Waals surface area (Å²) in [6, 6.07) is 4.25. The van der Waals surface area contributed by atoms with E-state index in [1.54, 1.807) is 6.92 Å². The van der Waals surface area contributed by atoms with Crippen molar-refractivity contribution in [2.75, 3.05) is 6.61 Å². The molecule has 2 aromatic heterocycles. The zero-order valence-corrected chi connectivity index (χ0v) is 10.0. The highest BCUT2D eigenvalue weighted by molar-refractivity contribution is 5.87. The van der Waals surface area contributed by atoms with Gasteiger partial charge in [0, 0.05) is 12.3 Å². The van der Waals surface area contributed by atoms with Gasteiger partial charge in [-0.25, -0.2) is 14.5 Å². The molecule has 2 heterocycles. The Morgan fingerprint density at radius 3 is 2.84 bits per heavy atom. The third-order valence-electron chi connectivity index (χ3n) is 2.25. The zero-order chi connectivity index (χ0) is 13.8. The number of carbonyl (C=O) groups excluding carboxylic acids is 1. The van der Waals surface area contributed by atoms with Gasteiger partial charge < -0.3 is 4.74 Å². The summed E-state index contributed by atoms with van der Waals surface area (Å²) in [6.07, 6.45) is 2.65. The van der Waals surface area contributed by atoms with Gasteiger partial charge in [0.15, 0.2) is 11.5 Å². The van der Waals surface area contributed by atoms with E-state index >= 15 is 0 Å². The third-order valence-corrected chi connectivity index (χ3v) is 2.25. The molecule has 8 nitrogen and oxygen atoms in total. The van der Waals surface area contributed by atoms with Gasteiger partial charge in [0.1, 0.15) is 6.20 Å². The monoisotopic (exact) mass is 262 g/mol. The van der Waals surface area contributed by atoms with Crippen LogP contribution in [0.5, 0.6) is 0 Å². The van der Waals surface area contributed by atoms with Crippen molar-refractivity contribution in [1.82, 2.24) is 14.8 Å². The van der Waals surface area contributed by atoms with E-state index in [0.717, 1.165) is 6.20 Å². The van der Waals surface area contributed by atoms with Gasteiger partial charge in [-0.15, -0.1) is 0 Å². The molecule has 0 amide bonds. The summed E-state index contributed by atoms with van der Waals surface area (Å²) in [5.74, 6) is -0.149. The Balaban J connectivity index is 2.23. The van der Waals surface area contributed by atoms with Gasteiger partial charge in [-0.3, -0.25) is 10.1 Å². The lowest BCUT2D eigenvalue weighted by molar-refractivity contribution is -0.385. The van der Waals surface area contributed by atoms with Crippen LogP contribution >= 0.6 is 0 Å². The first-order chi connectivity index (χ1) is 9.11. The first kappa shape index (κ1) is 12.7. The minimum atomic E-state index is -0.538. The molecule has 0 N–H and O–H groups in total. The molecule has 0 unspecified atom stereocenters. The van der Waals surface area contributed by atoms with E-state index in [-0.39, 0.29) is 18.0 Å². The van der Waals surface area contributed by atoms with Crippen LogP contribution in [0.15, 0.2) is 30.6 Å². The quantitative estimate of drug-likeness (QED) is 0.468. The van der Waals surface area contributed by atoms with Crippen LogP contribution in [0.1, 0.15) is 17.4 Å². The van der Waals surface area contributed by atoms with E-state index in [0.29, 0.717) is 5.82 Å². The Labute approximate surface area is 107 Å². The van der Waals surface area contributed by atoms with Crippen molar-refractivity contribution in [3.05, 3.63) is 46.4 Å². The topological polar surface area (TPSA) is 100 Å². The smallest absolute Gasteiger partial charge is 0.358 e. The highest BCUT2D eigenvalue weighted by Gasteiger charge is 2.12. The number of esters is 1. The minimum Gasteiger partial charge on any atom is -0.461 e. The maximum absolute atomic E-state index is 11.4. The van der Waals surface area contributed by atoms with Gasteiger partial charge >= 0.3 is 5.97 Å². The number of nitro groups is 1. The lowest BCUT2D eigenvalue weighted by Gasteiger charge is -1.99. The molecule has 8 heteroatoms. The average molecular weight is 262 g/mol. The maximum atomic E-state index is 11.4. The zero-order valence-electron chi connectivity index (χ0n) is 10.0. The van der Waals surface area contributed by atoms with Crippen molar-refractivity contribution in [2.24, 2.45) is 0 Å². The number of nitrogens with zero attached hydrogens (tertiary/aromatic N) is 4. The van der Waals surface area contributed by atoms with Crippen LogP contribution in [-0.2, 0) is 4.74 Å². The number of ether oxygens (including phenoxy) is 1. The van der Waals surface area contributed by atoms with Crippen LogP contribution in [0.4, 0.5) is 5.69 Å². The molecule has 0 fully saturated rings. The number of hydrogen-bond acceptors (Lipinski definition) is 6. The van der Waals surface area contributed by atoms with Gasteiger partial charge in [0.2, 0.25) is 0 Å². The summed E-state index contributed by atoms with van der Waals surface area (Å²) in [4.78, 5) is 25.3. The Bertz CT molecular complexity index is 605. The van der Waals surface area contributed by atoms with Crippen LogP contribution < -0.4 is 0 Å². The maximum Gasteiger partial charge on any atom is 0.358 e. The molecule has 0 saturated heterocycles. The number of aromatic nitrogens is 3. The first-order valence-electron chi connectivity index (χ1n) is 5.45. The van der Waals surface area contributed by atoms with Crippen LogP contribution in [0.2, 0.25) is 0 Å². The minimum absolute atomic E-state index is 0.110. The first-order valence-corrected chi connectivity index (χ1v) is 5.45. The molecule has 0 aliphatic rings.